The first kappa shape index (κ1) is 15.2. The summed E-state index contributed by atoms with van der Waals surface area (Å²) in [5.41, 5.74) is 3.84. The topological polar surface area (TPSA) is 24.9 Å². The SMILES string of the molecule is CCNCc1sc(-c2ccccc2C)nc1CC(C)C. The molecule has 108 valence electrons. The molecule has 1 aromatic carbocycles. The van der Waals surface area contributed by atoms with Crippen LogP contribution in [0.1, 0.15) is 36.9 Å². The molecule has 1 aromatic heterocycles. The molecule has 0 amide bonds. The van der Waals surface area contributed by atoms with Crippen LogP contribution < -0.4 is 5.32 Å². The maximum Gasteiger partial charge on any atom is 0.124 e. The third-order valence-electron chi connectivity index (χ3n) is 3.29. The van der Waals surface area contributed by atoms with Crippen LogP contribution in [-0.4, -0.2) is 11.5 Å². The molecule has 2 rings (SSSR count). The summed E-state index contributed by atoms with van der Waals surface area (Å²) in [4.78, 5) is 6.30. The highest BCUT2D eigenvalue weighted by Crippen LogP contribution is 2.31. The Labute approximate surface area is 126 Å². The molecule has 0 spiro atoms. The Morgan fingerprint density at radius 3 is 2.65 bits per heavy atom. The van der Waals surface area contributed by atoms with E-state index in [1.54, 1.807) is 0 Å². The highest BCUT2D eigenvalue weighted by molar-refractivity contribution is 7.15. The zero-order valence-electron chi connectivity index (χ0n) is 12.9. The van der Waals surface area contributed by atoms with E-state index < -0.39 is 0 Å². The Kier molecular flexibility index (Phi) is 5.32. The fraction of sp³-hybridized carbons (Fsp3) is 0.471. The summed E-state index contributed by atoms with van der Waals surface area (Å²) in [6.45, 7) is 10.7. The number of hydrogen-bond donors (Lipinski definition) is 1. The van der Waals surface area contributed by atoms with Crippen molar-refractivity contribution in [2.45, 2.75) is 40.7 Å². The van der Waals surface area contributed by atoms with Crippen molar-refractivity contribution < 1.29 is 0 Å². The van der Waals surface area contributed by atoms with E-state index in [1.165, 1.54) is 21.7 Å². The van der Waals surface area contributed by atoms with Crippen LogP contribution in [0.3, 0.4) is 0 Å². The van der Waals surface area contributed by atoms with E-state index in [2.05, 4.69) is 57.3 Å². The molecule has 0 bridgehead atoms. The van der Waals surface area contributed by atoms with E-state index in [4.69, 9.17) is 4.98 Å². The first-order valence-corrected chi connectivity index (χ1v) is 8.18. The quantitative estimate of drug-likeness (QED) is 0.850. The molecular weight excluding hydrogens is 264 g/mol. The lowest BCUT2D eigenvalue weighted by atomic mass is 10.1. The highest BCUT2D eigenvalue weighted by atomic mass is 32.1. The van der Waals surface area contributed by atoms with Gasteiger partial charge in [0.2, 0.25) is 0 Å². The predicted molar refractivity (Wildman–Crippen MR) is 88.2 cm³/mol. The summed E-state index contributed by atoms with van der Waals surface area (Å²) in [5, 5.41) is 4.59. The maximum atomic E-state index is 4.91. The number of hydrogen-bond acceptors (Lipinski definition) is 3. The van der Waals surface area contributed by atoms with Crippen LogP contribution in [-0.2, 0) is 13.0 Å². The van der Waals surface area contributed by atoms with Gasteiger partial charge in [-0.25, -0.2) is 4.98 Å². The van der Waals surface area contributed by atoms with Crippen molar-refractivity contribution in [2.24, 2.45) is 5.92 Å². The lowest BCUT2D eigenvalue weighted by Crippen LogP contribution is -2.12. The Balaban J connectivity index is 2.35. The summed E-state index contributed by atoms with van der Waals surface area (Å²) in [6, 6.07) is 8.50. The fourth-order valence-electron chi connectivity index (χ4n) is 2.23. The number of aryl methyl sites for hydroxylation is 1. The molecule has 0 radical (unpaired) electrons. The van der Waals surface area contributed by atoms with Crippen molar-refractivity contribution in [3.63, 3.8) is 0 Å². The van der Waals surface area contributed by atoms with Crippen molar-refractivity contribution in [1.82, 2.24) is 10.3 Å². The van der Waals surface area contributed by atoms with Crippen LogP contribution in [0.15, 0.2) is 24.3 Å². The second-order valence-electron chi connectivity index (χ2n) is 5.58. The Hall–Kier alpha value is -1.19. The molecule has 3 heteroatoms. The molecule has 0 aliphatic rings. The van der Waals surface area contributed by atoms with Crippen LogP contribution in [0, 0.1) is 12.8 Å². The van der Waals surface area contributed by atoms with Gasteiger partial charge in [0.05, 0.1) is 5.69 Å². The zero-order valence-corrected chi connectivity index (χ0v) is 13.7. The first-order chi connectivity index (χ1) is 9.61. The van der Waals surface area contributed by atoms with Gasteiger partial charge in [0, 0.05) is 17.0 Å². The van der Waals surface area contributed by atoms with E-state index in [-0.39, 0.29) is 0 Å². The van der Waals surface area contributed by atoms with Crippen molar-refractivity contribution in [3.05, 3.63) is 40.4 Å². The molecule has 20 heavy (non-hydrogen) atoms. The van der Waals surface area contributed by atoms with E-state index in [1.807, 2.05) is 11.3 Å². The van der Waals surface area contributed by atoms with Crippen LogP contribution in [0.4, 0.5) is 0 Å². The summed E-state index contributed by atoms with van der Waals surface area (Å²) in [6.07, 6.45) is 1.06. The number of rotatable bonds is 6. The fourth-order valence-corrected chi connectivity index (χ4v) is 3.38. The van der Waals surface area contributed by atoms with Crippen LogP contribution >= 0.6 is 11.3 Å². The molecule has 0 atom stereocenters. The number of aromatic nitrogens is 1. The number of benzene rings is 1. The summed E-state index contributed by atoms with van der Waals surface area (Å²) < 4.78 is 0. The van der Waals surface area contributed by atoms with E-state index in [0.717, 1.165) is 24.5 Å². The van der Waals surface area contributed by atoms with Crippen molar-refractivity contribution in [2.75, 3.05) is 6.54 Å². The van der Waals surface area contributed by atoms with Gasteiger partial charge >= 0.3 is 0 Å². The van der Waals surface area contributed by atoms with Gasteiger partial charge in [-0.05, 0) is 31.4 Å². The van der Waals surface area contributed by atoms with Gasteiger partial charge in [-0.2, -0.15) is 0 Å². The second-order valence-corrected chi connectivity index (χ2v) is 6.67. The predicted octanol–water partition coefficient (Wildman–Crippen LogP) is 4.43. The molecule has 1 N–H and O–H groups in total. The normalized spacial score (nSPS) is 11.2. The van der Waals surface area contributed by atoms with Gasteiger partial charge in [-0.15, -0.1) is 11.3 Å². The van der Waals surface area contributed by atoms with Gasteiger partial charge < -0.3 is 5.32 Å². The van der Waals surface area contributed by atoms with Crippen LogP contribution in [0.2, 0.25) is 0 Å². The van der Waals surface area contributed by atoms with E-state index in [9.17, 15) is 0 Å². The van der Waals surface area contributed by atoms with Crippen molar-refractivity contribution in [3.8, 4) is 10.6 Å². The Morgan fingerprint density at radius 1 is 1.25 bits per heavy atom. The minimum Gasteiger partial charge on any atom is -0.312 e. The Bertz CT molecular complexity index is 558. The smallest absolute Gasteiger partial charge is 0.124 e. The minimum atomic E-state index is 0.641. The van der Waals surface area contributed by atoms with Gasteiger partial charge in [-0.1, -0.05) is 45.0 Å². The van der Waals surface area contributed by atoms with Gasteiger partial charge in [0.15, 0.2) is 0 Å². The zero-order chi connectivity index (χ0) is 14.5. The molecule has 0 saturated carbocycles. The average Bonchev–Trinajstić information content (AvgIpc) is 2.79. The molecular formula is C17H24N2S. The molecule has 2 aromatic rings. The van der Waals surface area contributed by atoms with Gasteiger partial charge in [0.25, 0.3) is 0 Å². The van der Waals surface area contributed by atoms with Gasteiger partial charge in [-0.3, -0.25) is 0 Å². The highest BCUT2D eigenvalue weighted by Gasteiger charge is 2.14. The molecule has 2 nitrogen and oxygen atoms in total. The molecule has 0 aliphatic heterocycles. The average molecular weight is 288 g/mol. The molecule has 1 heterocycles. The lowest BCUT2D eigenvalue weighted by Gasteiger charge is -2.05. The third kappa shape index (κ3) is 3.68. The summed E-state index contributed by atoms with van der Waals surface area (Å²) in [7, 11) is 0. The van der Waals surface area contributed by atoms with Crippen molar-refractivity contribution >= 4 is 11.3 Å². The number of nitrogens with zero attached hydrogens (tertiary/aromatic N) is 1. The monoisotopic (exact) mass is 288 g/mol. The van der Waals surface area contributed by atoms with Crippen LogP contribution in [0.5, 0.6) is 0 Å². The first-order valence-electron chi connectivity index (χ1n) is 7.37. The molecule has 0 unspecified atom stereocenters. The number of nitrogens with one attached hydrogen (secondary N) is 1. The summed E-state index contributed by atoms with van der Waals surface area (Å²) >= 11 is 1.84. The molecule has 0 fully saturated rings. The molecule has 0 aliphatic carbocycles. The standard InChI is InChI=1S/C17H24N2S/c1-5-18-11-16-15(10-12(2)3)19-17(20-16)14-9-7-6-8-13(14)4/h6-9,12,18H,5,10-11H2,1-4H3. The maximum absolute atomic E-state index is 4.91. The van der Waals surface area contributed by atoms with E-state index in [0.29, 0.717) is 5.92 Å². The van der Waals surface area contributed by atoms with Gasteiger partial charge in [0.1, 0.15) is 5.01 Å². The largest absolute Gasteiger partial charge is 0.312 e. The number of thiazole rings is 1. The van der Waals surface area contributed by atoms with Crippen molar-refractivity contribution in [1.29, 1.82) is 0 Å². The second kappa shape index (κ2) is 7.00. The van der Waals surface area contributed by atoms with Crippen LogP contribution in [0.25, 0.3) is 10.6 Å². The molecule has 0 saturated heterocycles. The minimum absolute atomic E-state index is 0.641. The third-order valence-corrected chi connectivity index (χ3v) is 4.42. The Morgan fingerprint density at radius 2 is 2.00 bits per heavy atom. The van der Waals surface area contributed by atoms with E-state index >= 15 is 0 Å². The lowest BCUT2D eigenvalue weighted by molar-refractivity contribution is 0.628. The summed E-state index contributed by atoms with van der Waals surface area (Å²) in [5.74, 6) is 0.641.